The zero-order valence-corrected chi connectivity index (χ0v) is 16.7. The Bertz CT molecular complexity index is 579. The van der Waals surface area contributed by atoms with Crippen LogP contribution in [-0.2, 0) is 9.47 Å². The molecule has 25 heavy (non-hydrogen) atoms. The van der Waals surface area contributed by atoms with Gasteiger partial charge in [0, 0.05) is 10.8 Å². The number of rotatable bonds is 1. The van der Waals surface area contributed by atoms with Gasteiger partial charge in [-0.25, -0.2) is 0 Å². The fourth-order valence-corrected chi connectivity index (χ4v) is 6.69. The molecule has 0 aromatic rings. The summed E-state index contributed by atoms with van der Waals surface area (Å²) in [4.78, 5) is 0. The van der Waals surface area contributed by atoms with Crippen LogP contribution in [0, 0.1) is 28.1 Å². The highest BCUT2D eigenvalue weighted by Gasteiger charge is 2.59. The van der Waals surface area contributed by atoms with Crippen LogP contribution in [0.2, 0.25) is 0 Å². The second kappa shape index (κ2) is 5.70. The predicted molar refractivity (Wildman–Crippen MR) is 102 cm³/mol. The van der Waals surface area contributed by atoms with Gasteiger partial charge in [-0.15, -0.1) is 6.58 Å². The van der Waals surface area contributed by atoms with E-state index in [0.717, 1.165) is 25.0 Å². The van der Waals surface area contributed by atoms with Gasteiger partial charge in [-0.3, -0.25) is 0 Å². The molecule has 0 N–H and O–H groups in total. The van der Waals surface area contributed by atoms with Crippen molar-refractivity contribution >= 4 is 0 Å². The molecule has 1 aliphatic heterocycles. The Labute approximate surface area is 154 Å². The normalized spacial score (nSPS) is 45.2. The minimum Gasteiger partial charge on any atom is -0.350 e. The third-order valence-corrected chi connectivity index (χ3v) is 8.26. The van der Waals surface area contributed by atoms with E-state index in [1.54, 1.807) is 5.57 Å². The van der Waals surface area contributed by atoms with Gasteiger partial charge in [0.25, 0.3) is 0 Å². The molecule has 1 unspecified atom stereocenters. The summed E-state index contributed by atoms with van der Waals surface area (Å²) in [6.07, 6.45) is 13.9. The number of allylic oxidation sites excluding steroid dienone is 3. The lowest BCUT2D eigenvalue weighted by Gasteiger charge is -2.62. The van der Waals surface area contributed by atoms with E-state index in [4.69, 9.17) is 9.47 Å². The van der Waals surface area contributed by atoms with Crippen LogP contribution >= 0.6 is 0 Å². The van der Waals surface area contributed by atoms with Crippen LogP contribution in [0.15, 0.2) is 24.3 Å². The SMILES string of the molecule is C=C[C@]1(C)C=C2CC[C@H]3C4(CCC[C@]3(C)C2CC1)COC(C)(C)OC4. The minimum absolute atomic E-state index is 0.211. The van der Waals surface area contributed by atoms with E-state index in [-0.39, 0.29) is 10.8 Å². The van der Waals surface area contributed by atoms with Crippen LogP contribution in [0.4, 0.5) is 0 Å². The van der Waals surface area contributed by atoms with E-state index < -0.39 is 5.79 Å². The largest absolute Gasteiger partial charge is 0.350 e. The molecule has 0 aromatic carbocycles. The summed E-state index contributed by atoms with van der Waals surface area (Å²) in [5.41, 5.74) is 2.59. The topological polar surface area (TPSA) is 18.5 Å². The first kappa shape index (κ1) is 17.8. The van der Waals surface area contributed by atoms with Gasteiger partial charge in [-0.2, -0.15) is 0 Å². The minimum atomic E-state index is -0.407. The summed E-state index contributed by atoms with van der Waals surface area (Å²) in [6, 6.07) is 0. The van der Waals surface area contributed by atoms with Gasteiger partial charge in [0.15, 0.2) is 5.79 Å². The average Bonchev–Trinajstić information content (AvgIpc) is 2.57. The zero-order valence-electron chi connectivity index (χ0n) is 16.7. The molecular formula is C23H36O2. The van der Waals surface area contributed by atoms with Crippen molar-refractivity contribution in [3.8, 4) is 0 Å². The van der Waals surface area contributed by atoms with E-state index in [0.29, 0.717) is 5.41 Å². The lowest BCUT2D eigenvalue weighted by Crippen LogP contribution is -2.59. The summed E-state index contributed by atoms with van der Waals surface area (Å²) < 4.78 is 12.4. The Morgan fingerprint density at radius 2 is 1.76 bits per heavy atom. The second-order valence-electron chi connectivity index (χ2n) is 10.3. The van der Waals surface area contributed by atoms with Crippen LogP contribution in [0.1, 0.15) is 72.6 Å². The summed E-state index contributed by atoms with van der Waals surface area (Å²) in [7, 11) is 0. The van der Waals surface area contributed by atoms with Gasteiger partial charge in [-0.05, 0) is 69.6 Å². The van der Waals surface area contributed by atoms with Crippen LogP contribution in [0.3, 0.4) is 0 Å². The molecule has 2 saturated carbocycles. The third kappa shape index (κ3) is 2.75. The molecule has 4 aliphatic rings. The first-order chi connectivity index (χ1) is 11.7. The van der Waals surface area contributed by atoms with E-state index in [9.17, 15) is 0 Å². The van der Waals surface area contributed by atoms with Crippen molar-refractivity contribution in [2.75, 3.05) is 13.2 Å². The monoisotopic (exact) mass is 344 g/mol. The van der Waals surface area contributed by atoms with Crippen molar-refractivity contribution in [1.82, 2.24) is 0 Å². The summed E-state index contributed by atoms with van der Waals surface area (Å²) >= 11 is 0. The Morgan fingerprint density at radius 1 is 1.04 bits per heavy atom. The van der Waals surface area contributed by atoms with Gasteiger partial charge in [0.2, 0.25) is 0 Å². The Balaban J connectivity index is 1.64. The average molecular weight is 345 g/mol. The first-order valence-corrected chi connectivity index (χ1v) is 10.4. The van der Waals surface area contributed by atoms with Crippen LogP contribution in [-0.4, -0.2) is 19.0 Å². The molecule has 0 amide bonds. The van der Waals surface area contributed by atoms with Crippen LogP contribution < -0.4 is 0 Å². The molecule has 0 radical (unpaired) electrons. The van der Waals surface area contributed by atoms with E-state index in [2.05, 4.69) is 46.4 Å². The molecule has 1 spiro atoms. The van der Waals surface area contributed by atoms with Crippen molar-refractivity contribution in [1.29, 1.82) is 0 Å². The van der Waals surface area contributed by atoms with Gasteiger partial charge < -0.3 is 9.47 Å². The summed E-state index contributed by atoms with van der Waals surface area (Å²) in [5, 5.41) is 0. The highest BCUT2D eigenvalue weighted by atomic mass is 16.7. The van der Waals surface area contributed by atoms with Crippen molar-refractivity contribution in [3.05, 3.63) is 24.3 Å². The fourth-order valence-electron chi connectivity index (χ4n) is 6.69. The lowest BCUT2D eigenvalue weighted by molar-refractivity contribution is -0.310. The maximum absolute atomic E-state index is 6.19. The molecule has 2 heteroatoms. The zero-order chi connectivity index (χ0) is 17.9. The second-order valence-corrected chi connectivity index (χ2v) is 10.3. The highest BCUT2D eigenvalue weighted by Crippen LogP contribution is 2.64. The van der Waals surface area contributed by atoms with Crippen LogP contribution in [0.5, 0.6) is 0 Å². The molecule has 4 rings (SSSR count). The predicted octanol–water partition coefficient (Wildman–Crippen LogP) is 5.88. The molecule has 4 atom stereocenters. The molecule has 140 valence electrons. The first-order valence-electron chi connectivity index (χ1n) is 10.4. The third-order valence-electron chi connectivity index (χ3n) is 8.26. The van der Waals surface area contributed by atoms with Crippen LogP contribution in [0.25, 0.3) is 0 Å². The molecule has 0 aromatic heterocycles. The number of hydrogen-bond donors (Lipinski definition) is 0. The Kier molecular flexibility index (Phi) is 4.05. The van der Waals surface area contributed by atoms with E-state index >= 15 is 0 Å². The fraction of sp³-hybridized carbons (Fsp3) is 0.826. The van der Waals surface area contributed by atoms with Gasteiger partial charge in [0.05, 0.1) is 13.2 Å². The Morgan fingerprint density at radius 3 is 2.44 bits per heavy atom. The molecule has 3 fully saturated rings. The molecular weight excluding hydrogens is 308 g/mol. The number of ether oxygens (including phenoxy) is 2. The quantitative estimate of drug-likeness (QED) is 0.553. The summed E-state index contributed by atoms with van der Waals surface area (Å²) in [6.45, 7) is 14.9. The van der Waals surface area contributed by atoms with E-state index in [1.807, 2.05) is 0 Å². The number of hydrogen-bond acceptors (Lipinski definition) is 2. The molecule has 0 bridgehead atoms. The van der Waals surface area contributed by atoms with Crippen molar-refractivity contribution < 1.29 is 9.47 Å². The lowest BCUT2D eigenvalue weighted by atomic mass is 9.45. The van der Waals surface area contributed by atoms with Crippen molar-refractivity contribution in [3.63, 3.8) is 0 Å². The molecule has 1 saturated heterocycles. The van der Waals surface area contributed by atoms with Crippen molar-refractivity contribution in [2.45, 2.75) is 78.4 Å². The highest BCUT2D eigenvalue weighted by molar-refractivity contribution is 5.26. The standard InChI is InChI=1S/C23H36O2/c1-6-21(4)13-10-18-17(14-21)8-9-19-22(18,5)11-7-12-23(19)15-24-20(2,3)25-16-23/h6,14,18-19H,1,7-13,15-16H2,2-5H3/t18?,19-,21+,22-/m1/s1. The van der Waals surface area contributed by atoms with Gasteiger partial charge in [-0.1, -0.05) is 38.0 Å². The van der Waals surface area contributed by atoms with Gasteiger partial charge >= 0.3 is 0 Å². The molecule has 1 heterocycles. The maximum atomic E-state index is 6.19. The molecule has 2 nitrogen and oxygen atoms in total. The van der Waals surface area contributed by atoms with Crippen molar-refractivity contribution in [2.24, 2.45) is 28.1 Å². The summed E-state index contributed by atoms with van der Waals surface area (Å²) in [5.74, 6) is 1.08. The van der Waals surface area contributed by atoms with Gasteiger partial charge in [0.1, 0.15) is 0 Å². The Hall–Kier alpha value is -0.600. The smallest absolute Gasteiger partial charge is 0.162 e. The number of fused-ring (bicyclic) bond motifs is 4. The maximum Gasteiger partial charge on any atom is 0.162 e. The molecule has 3 aliphatic carbocycles. The van der Waals surface area contributed by atoms with E-state index in [1.165, 1.54) is 44.9 Å².